The second-order valence-electron chi connectivity index (χ2n) is 10.4. The molecule has 1 aliphatic rings. The Bertz CT molecular complexity index is 1800. The lowest BCUT2D eigenvalue weighted by Crippen LogP contribution is -2.25. The number of nitrogens with one attached hydrogen (secondary N) is 3. The molecule has 0 aliphatic carbocycles. The highest BCUT2D eigenvalue weighted by Crippen LogP contribution is 2.29. The summed E-state index contributed by atoms with van der Waals surface area (Å²) >= 11 is 0. The van der Waals surface area contributed by atoms with Crippen LogP contribution in [0.5, 0.6) is 0 Å². The van der Waals surface area contributed by atoms with Crippen molar-refractivity contribution in [1.29, 1.82) is 0 Å². The number of benzene rings is 2. The lowest BCUT2D eigenvalue weighted by molar-refractivity contribution is -0.119. The van der Waals surface area contributed by atoms with E-state index in [0.29, 0.717) is 24.1 Å². The molecule has 44 heavy (non-hydrogen) atoms. The van der Waals surface area contributed by atoms with Gasteiger partial charge in [0.05, 0.1) is 27.7 Å². The van der Waals surface area contributed by atoms with Crippen LogP contribution >= 0.6 is 0 Å². The summed E-state index contributed by atoms with van der Waals surface area (Å²) < 4.78 is 77.2. The molecule has 5 rings (SSSR count). The van der Waals surface area contributed by atoms with Crippen molar-refractivity contribution in [2.24, 2.45) is 11.1 Å². The highest BCUT2D eigenvalue weighted by atomic mass is 32.2. The van der Waals surface area contributed by atoms with Crippen LogP contribution < -0.4 is 21.1 Å². The first kappa shape index (κ1) is 31.0. The van der Waals surface area contributed by atoms with Crippen LogP contribution in [-0.4, -0.2) is 67.0 Å². The summed E-state index contributed by atoms with van der Waals surface area (Å²) in [5.74, 6) is -1.41. The Morgan fingerprint density at radius 2 is 1.80 bits per heavy atom. The molecule has 2 aromatic carbocycles. The molecule has 232 valence electrons. The third-order valence-electron chi connectivity index (χ3n) is 6.99. The van der Waals surface area contributed by atoms with E-state index in [-0.39, 0.29) is 57.4 Å². The lowest BCUT2D eigenvalue weighted by atomic mass is 10.1. The van der Waals surface area contributed by atoms with Crippen LogP contribution in [0.15, 0.2) is 59.5 Å². The van der Waals surface area contributed by atoms with Crippen LogP contribution in [0.4, 0.5) is 35.0 Å². The number of nitrogens with two attached hydrogens (primary N) is 1. The standard InChI is InChI=1S/C28H28F4N8O3S/c1-40-11-10-18(14-40)26(41)37-22-7-4-17(12-20(22)29)21-8-9-23-24(36-21)25(35-15-28(30,31)32)39-27(38-23)34-13-16-2-5-19(6-3-16)44(33,42)43/h2-9,12,18H,10-11,13-15H2,1H3,(H,37,41)(H2,33,42,43)(H2,34,35,38,39). The van der Waals surface area contributed by atoms with Gasteiger partial charge >= 0.3 is 6.18 Å². The van der Waals surface area contributed by atoms with Crippen molar-refractivity contribution in [2.75, 3.05) is 42.6 Å². The Balaban J connectivity index is 1.39. The number of amides is 1. The van der Waals surface area contributed by atoms with Gasteiger partial charge < -0.3 is 20.9 Å². The zero-order valence-electron chi connectivity index (χ0n) is 23.3. The second kappa shape index (κ2) is 12.3. The SMILES string of the molecule is CN1CCC(C(=O)Nc2ccc(-c3ccc4nc(NCc5ccc(S(N)(=O)=O)cc5)nc(NCC(F)(F)F)c4n3)cc2F)C1. The first-order chi connectivity index (χ1) is 20.7. The minimum atomic E-state index is -4.55. The first-order valence-corrected chi connectivity index (χ1v) is 14.9. The van der Waals surface area contributed by atoms with E-state index in [1.807, 2.05) is 11.9 Å². The number of likely N-dealkylation sites (tertiary alicyclic amines) is 1. The van der Waals surface area contributed by atoms with Crippen molar-refractivity contribution < 1.29 is 30.8 Å². The number of rotatable bonds is 9. The van der Waals surface area contributed by atoms with E-state index in [4.69, 9.17) is 5.14 Å². The van der Waals surface area contributed by atoms with Crippen LogP contribution in [0.25, 0.3) is 22.3 Å². The molecule has 1 fully saturated rings. The molecule has 1 saturated heterocycles. The van der Waals surface area contributed by atoms with Gasteiger partial charge in [-0.25, -0.2) is 27.9 Å². The molecule has 1 unspecified atom stereocenters. The number of aromatic nitrogens is 3. The summed E-state index contributed by atoms with van der Waals surface area (Å²) in [5.41, 5.74) is 1.47. The monoisotopic (exact) mass is 632 g/mol. The maximum absolute atomic E-state index is 15.0. The predicted octanol–water partition coefficient (Wildman–Crippen LogP) is 3.95. The first-order valence-electron chi connectivity index (χ1n) is 13.4. The van der Waals surface area contributed by atoms with Crippen molar-refractivity contribution in [2.45, 2.75) is 24.0 Å². The Morgan fingerprint density at radius 1 is 1.05 bits per heavy atom. The fourth-order valence-corrected chi connectivity index (χ4v) is 5.21. The van der Waals surface area contributed by atoms with Crippen molar-refractivity contribution in [3.8, 4) is 11.3 Å². The van der Waals surface area contributed by atoms with Crippen molar-refractivity contribution in [1.82, 2.24) is 19.9 Å². The number of primary sulfonamides is 1. The largest absolute Gasteiger partial charge is 0.405 e. The molecule has 1 aliphatic heterocycles. The fraction of sp³-hybridized carbons (Fsp3) is 0.286. The topological polar surface area (TPSA) is 155 Å². The smallest absolute Gasteiger partial charge is 0.359 e. The molecule has 4 aromatic rings. The van der Waals surface area contributed by atoms with E-state index >= 15 is 4.39 Å². The highest BCUT2D eigenvalue weighted by molar-refractivity contribution is 7.89. The number of fused-ring (bicyclic) bond motifs is 1. The molecule has 0 bridgehead atoms. The third-order valence-corrected chi connectivity index (χ3v) is 7.92. The van der Waals surface area contributed by atoms with Crippen LogP contribution in [0, 0.1) is 11.7 Å². The number of halogens is 4. The third kappa shape index (κ3) is 7.56. The summed E-state index contributed by atoms with van der Waals surface area (Å²) in [7, 11) is -1.96. The fourth-order valence-electron chi connectivity index (χ4n) is 4.70. The number of nitrogens with zero attached hydrogens (tertiary/aromatic N) is 4. The van der Waals surface area contributed by atoms with Gasteiger partial charge in [0, 0.05) is 18.7 Å². The quantitative estimate of drug-likeness (QED) is 0.201. The van der Waals surface area contributed by atoms with Crippen molar-refractivity contribution in [3.63, 3.8) is 0 Å². The molecule has 0 spiro atoms. The molecule has 16 heteroatoms. The number of sulfonamides is 1. The zero-order chi connectivity index (χ0) is 31.6. The predicted molar refractivity (Wildman–Crippen MR) is 157 cm³/mol. The van der Waals surface area contributed by atoms with Gasteiger partial charge in [-0.3, -0.25) is 4.79 Å². The number of hydrogen-bond acceptors (Lipinski definition) is 9. The molecule has 5 N–H and O–H groups in total. The van der Waals surface area contributed by atoms with Gasteiger partial charge in [0.15, 0.2) is 5.82 Å². The Morgan fingerprint density at radius 3 is 2.43 bits per heavy atom. The molecule has 11 nitrogen and oxygen atoms in total. The molecule has 0 saturated carbocycles. The van der Waals surface area contributed by atoms with E-state index in [2.05, 4.69) is 30.9 Å². The van der Waals surface area contributed by atoms with Crippen LogP contribution in [-0.2, 0) is 21.4 Å². The van der Waals surface area contributed by atoms with Gasteiger partial charge in [-0.15, -0.1) is 0 Å². The molecule has 1 atom stereocenters. The molecule has 1 amide bonds. The average Bonchev–Trinajstić information content (AvgIpc) is 3.41. The van der Waals surface area contributed by atoms with Gasteiger partial charge in [0.2, 0.25) is 21.9 Å². The summed E-state index contributed by atoms with van der Waals surface area (Å²) in [5, 5.41) is 12.9. The van der Waals surface area contributed by atoms with E-state index < -0.39 is 28.6 Å². The number of alkyl halides is 3. The lowest BCUT2D eigenvalue weighted by Gasteiger charge is -2.14. The number of carbonyl (C=O) groups is 1. The van der Waals surface area contributed by atoms with Gasteiger partial charge in [-0.2, -0.15) is 18.2 Å². The number of hydrogen-bond donors (Lipinski definition) is 4. The van der Waals surface area contributed by atoms with E-state index in [1.165, 1.54) is 42.5 Å². The number of anilines is 3. The van der Waals surface area contributed by atoms with E-state index in [9.17, 15) is 26.4 Å². The van der Waals surface area contributed by atoms with Gasteiger partial charge in [0.25, 0.3) is 0 Å². The van der Waals surface area contributed by atoms with Crippen LogP contribution in [0.3, 0.4) is 0 Å². The summed E-state index contributed by atoms with van der Waals surface area (Å²) in [6.07, 6.45) is -3.87. The van der Waals surface area contributed by atoms with Crippen molar-refractivity contribution in [3.05, 3.63) is 66.0 Å². The minimum Gasteiger partial charge on any atom is -0.359 e. The Labute approximate surface area is 249 Å². The van der Waals surface area contributed by atoms with Gasteiger partial charge in [0.1, 0.15) is 17.9 Å². The highest BCUT2D eigenvalue weighted by Gasteiger charge is 2.28. The molecule has 3 heterocycles. The van der Waals surface area contributed by atoms with Crippen LogP contribution in [0.1, 0.15) is 12.0 Å². The Hall–Kier alpha value is -4.41. The van der Waals surface area contributed by atoms with Gasteiger partial charge in [-0.1, -0.05) is 18.2 Å². The maximum atomic E-state index is 15.0. The number of carbonyl (C=O) groups excluding carboxylic acids is 1. The summed E-state index contributed by atoms with van der Waals surface area (Å²) in [6, 6.07) is 12.9. The van der Waals surface area contributed by atoms with Crippen molar-refractivity contribution >= 4 is 44.4 Å². The minimum absolute atomic E-state index is 0.00755. The van der Waals surface area contributed by atoms with E-state index in [0.717, 1.165) is 6.54 Å². The molecule has 2 aromatic heterocycles. The average molecular weight is 633 g/mol. The van der Waals surface area contributed by atoms with Gasteiger partial charge in [-0.05, 0) is 62.0 Å². The summed E-state index contributed by atoms with van der Waals surface area (Å²) in [4.78, 5) is 27.4. The Kier molecular flexibility index (Phi) is 8.67. The zero-order valence-corrected chi connectivity index (χ0v) is 24.1. The molecular weight excluding hydrogens is 604 g/mol. The molecule has 0 radical (unpaired) electrons. The molecular formula is C28H28F4N8O3S. The summed E-state index contributed by atoms with van der Waals surface area (Å²) in [6.45, 7) is 0.107. The number of pyridine rings is 1. The maximum Gasteiger partial charge on any atom is 0.405 e. The normalized spacial score (nSPS) is 15.8. The van der Waals surface area contributed by atoms with E-state index in [1.54, 1.807) is 12.1 Å². The van der Waals surface area contributed by atoms with Crippen LogP contribution in [0.2, 0.25) is 0 Å². The second-order valence-corrected chi connectivity index (χ2v) is 12.0.